The van der Waals surface area contributed by atoms with Crippen LogP contribution >= 0.6 is 0 Å². The predicted molar refractivity (Wildman–Crippen MR) is 75.1 cm³/mol. The first-order valence-electron chi connectivity index (χ1n) is 6.79. The van der Waals surface area contributed by atoms with Gasteiger partial charge in [-0.1, -0.05) is 6.92 Å². The molecular formula is C13H22FN5. The van der Waals surface area contributed by atoms with Crippen LogP contribution in [-0.4, -0.2) is 54.6 Å². The fraction of sp³-hybridized carbons (Fsp3) is 0.692. The first kappa shape index (κ1) is 14.0. The van der Waals surface area contributed by atoms with Gasteiger partial charge in [-0.3, -0.25) is 4.90 Å². The lowest BCUT2D eigenvalue weighted by Crippen LogP contribution is -2.35. The van der Waals surface area contributed by atoms with E-state index in [1.807, 2.05) is 0 Å². The first-order valence-corrected chi connectivity index (χ1v) is 6.79. The molecule has 1 aromatic rings. The van der Waals surface area contributed by atoms with Crippen LogP contribution in [0.1, 0.15) is 19.8 Å². The number of nitrogens with zero attached hydrogens (tertiary/aromatic N) is 4. The van der Waals surface area contributed by atoms with Gasteiger partial charge in [0, 0.05) is 26.7 Å². The van der Waals surface area contributed by atoms with E-state index in [1.54, 1.807) is 19.0 Å². The van der Waals surface area contributed by atoms with Crippen molar-refractivity contribution in [1.82, 2.24) is 14.9 Å². The van der Waals surface area contributed by atoms with Crippen LogP contribution in [0.25, 0.3) is 0 Å². The van der Waals surface area contributed by atoms with Crippen molar-refractivity contribution in [2.24, 2.45) is 0 Å². The molecule has 0 aromatic carbocycles. The van der Waals surface area contributed by atoms with E-state index in [2.05, 4.69) is 27.1 Å². The zero-order chi connectivity index (χ0) is 13.8. The molecule has 5 nitrogen and oxygen atoms in total. The van der Waals surface area contributed by atoms with Gasteiger partial charge in [0.2, 0.25) is 5.95 Å². The average molecular weight is 267 g/mol. The van der Waals surface area contributed by atoms with E-state index >= 15 is 0 Å². The molecule has 1 saturated heterocycles. The van der Waals surface area contributed by atoms with E-state index in [4.69, 9.17) is 0 Å². The Morgan fingerprint density at radius 3 is 3.00 bits per heavy atom. The molecule has 2 rings (SSSR count). The molecule has 1 aliphatic heterocycles. The van der Waals surface area contributed by atoms with Gasteiger partial charge < -0.3 is 10.2 Å². The molecule has 106 valence electrons. The molecule has 1 N–H and O–H groups in total. The van der Waals surface area contributed by atoms with Crippen molar-refractivity contribution in [1.29, 1.82) is 0 Å². The molecule has 0 aliphatic carbocycles. The SMILES string of the molecule is CCN1CCC[C@H]1CNc1ncc(F)c(N(C)C)n1. The summed E-state index contributed by atoms with van der Waals surface area (Å²) in [6, 6.07) is 0.529. The van der Waals surface area contributed by atoms with Crippen molar-refractivity contribution in [3.63, 3.8) is 0 Å². The predicted octanol–water partition coefficient (Wildman–Crippen LogP) is 1.58. The van der Waals surface area contributed by atoms with Gasteiger partial charge in [0.1, 0.15) is 0 Å². The summed E-state index contributed by atoms with van der Waals surface area (Å²) in [5, 5.41) is 3.22. The van der Waals surface area contributed by atoms with Crippen LogP contribution in [0, 0.1) is 5.82 Å². The van der Waals surface area contributed by atoms with Gasteiger partial charge in [0.15, 0.2) is 11.6 Å². The van der Waals surface area contributed by atoms with Crippen LogP contribution in [-0.2, 0) is 0 Å². The smallest absolute Gasteiger partial charge is 0.224 e. The number of likely N-dealkylation sites (tertiary alicyclic amines) is 1. The molecule has 0 spiro atoms. The molecule has 1 atom stereocenters. The zero-order valence-corrected chi connectivity index (χ0v) is 11.9. The molecule has 6 heteroatoms. The summed E-state index contributed by atoms with van der Waals surface area (Å²) in [5.74, 6) is 0.413. The Morgan fingerprint density at radius 1 is 1.53 bits per heavy atom. The summed E-state index contributed by atoms with van der Waals surface area (Å²) >= 11 is 0. The van der Waals surface area contributed by atoms with E-state index in [9.17, 15) is 4.39 Å². The number of nitrogens with one attached hydrogen (secondary N) is 1. The number of hydrogen-bond donors (Lipinski definition) is 1. The number of hydrogen-bond acceptors (Lipinski definition) is 5. The Hall–Kier alpha value is -1.43. The van der Waals surface area contributed by atoms with Gasteiger partial charge in [0.05, 0.1) is 6.20 Å². The van der Waals surface area contributed by atoms with E-state index in [-0.39, 0.29) is 0 Å². The minimum atomic E-state index is -0.397. The fourth-order valence-electron chi connectivity index (χ4n) is 2.51. The average Bonchev–Trinajstić information content (AvgIpc) is 2.84. The first-order chi connectivity index (χ1) is 9.11. The number of rotatable bonds is 5. The lowest BCUT2D eigenvalue weighted by Gasteiger charge is -2.23. The minimum absolute atomic E-state index is 0.316. The van der Waals surface area contributed by atoms with Crippen LogP contribution < -0.4 is 10.2 Å². The number of likely N-dealkylation sites (N-methyl/N-ethyl adjacent to an activating group) is 1. The monoisotopic (exact) mass is 267 g/mol. The summed E-state index contributed by atoms with van der Waals surface area (Å²) in [5.41, 5.74) is 0. The minimum Gasteiger partial charge on any atom is -0.360 e. The van der Waals surface area contributed by atoms with Gasteiger partial charge in [-0.15, -0.1) is 0 Å². The second kappa shape index (κ2) is 6.14. The maximum atomic E-state index is 13.5. The third-order valence-corrected chi connectivity index (χ3v) is 3.55. The summed E-state index contributed by atoms with van der Waals surface area (Å²) in [7, 11) is 3.54. The quantitative estimate of drug-likeness (QED) is 0.877. The third-order valence-electron chi connectivity index (χ3n) is 3.55. The Labute approximate surface area is 113 Å². The van der Waals surface area contributed by atoms with E-state index < -0.39 is 5.82 Å². The highest BCUT2D eigenvalue weighted by molar-refractivity contribution is 5.42. The van der Waals surface area contributed by atoms with Crippen LogP contribution in [0.3, 0.4) is 0 Å². The molecule has 0 bridgehead atoms. The van der Waals surface area contributed by atoms with Gasteiger partial charge in [-0.05, 0) is 25.9 Å². The normalized spacial score (nSPS) is 19.7. The molecule has 1 aromatic heterocycles. The molecule has 1 aliphatic rings. The second-order valence-corrected chi connectivity index (χ2v) is 5.07. The molecule has 0 radical (unpaired) electrons. The maximum absolute atomic E-state index is 13.5. The van der Waals surface area contributed by atoms with Crippen LogP contribution in [0.5, 0.6) is 0 Å². The second-order valence-electron chi connectivity index (χ2n) is 5.07. The van der Waals surface area contributed by atoms with E-state index in [0.717, 1.165) is 19.6 Å². The molecule has 0 saturated carbocycles. The van der Waals surface area contributed by atoms with Gasteiger partial charge in [-0.25, -0.2) is 9.37 Å². The van der Waals surface area contributed by atoms with Crippen molar-refractivity contribution < 1.29 is 4.39 Å². The topological polar surface area (TPSA) is 44.3 Å². The van der Waals surface area contributed by atoms with Crippen molar-refractivity contribution >= 4 is 11.8 Å². The molecule has 0 amide bonds. The van der Waals surface area contributed by atoms with Crippen molar-refractivity contribution in [3.8, 4) is 0 Å². The Balaban J connectivity index is 1.98. The van der Waals surface area contributed by atoms with Gasteiger partial charge >= 0.3 is 0 Å². The number of anilines is 2. The summed E-state index contributed by atoms with van der Waals surface area (Å²) in [6.07, 6.45) is 3.66. The lowest BCUT2D eigenvalue weighted by molar-refractivity contribution is 0.277. The molecule has 19 heavy (non-hydrogen) atoms. The van der Waals surface area contributed by atoms with Crippen LogP contribution in [0.15, 0.2) is 6.20 Å². The van der Waals surface area contributed by atoms with Gasteiger partial charge in [0.25, 0.3) is 0 Å². The van der Waals surface area contributed by atoms with Crippen molar-refractivity contribution in [3.05, 3.63) is 12.0 Å². The number of aromatic nitrogens is 2. The molecule has 1 fully saturated rings. The van der Waals surface area contributed by atoms with E-state index in [0.29, 0.717) is 17.8 Å². The molecule has 0 unspecified atom stereocenters. The van der Waals surface area contributed by atoms with Gasteiger partial charge in [-0.2, -0.15) is 4.98 Å². The Kier molecular flexibility index (Phi) is 4.52. The fourth-order valence-corrected chi connectivity index (χ4v) is 2.51. The lowest BCUT2D eigenvalue weighted by atomic mass is 10.2. The number of halogens is 1. The van der Waals surface area contributed by atoms with Crippen LogP contribution in [0.4, 0.5) is 16.2 Å². The standard InChI is InChI=1S/C13H22FN5/c1-4-19-7-5-6-10(19)8-15-13-16-9-11(14)12(17-13)18(2)3/h9-10H,4-8H2,1-3H3,(H,15,16,17)/t10-/m0/s1. The molecule has 2 heterocycles. The maximum Gasteiger partial charge on any atom is 0.224 e. The van der Waals surface area contributed by atoms with Crippen molar-refractivity contribution in [2.75, 3.05) is 43.9 Å². The summed E-state index contributed by atoms with van der Waals surface area (Å²) < 4.78 is 13.5. The largest absolute Gasteiger partial charge is 0.360 e. The Morgan fingerprint density at radius 2 is 2.32 bits per heavy atom. The third kappa shape index (κ3) is 3.32. The highest BCUT2D eigenvalue weighted by atomic mass is 19.1. The van der Waals surface area contributed by atoms with E-state index in [1.165, 1.54) is 19.0 Å². The van der Waals surface area contributed by atoms with Crippen LogP contribution in [0.2, 0.25) is 0 Å². The highest BCUT2D eigenvalue weighted by Crippen LogP contribution is 2.18. The highest BCUT2D eigenvalue weighted by Gasteiger charge is 2.22. The zero-order valence-electron chi connectivity index (χ0n) is 11.9. The summed E-state index contributed by atoms with van der Waals surface area (Å²) in [4.78, 5) is 12.3. The summed E-state index contributed by atoms with van der Waals surface area (Å²) in [6.45, 7) is 5.22. The molecular weight excluding hydrogens is 245 g/mol. The Bertz CT molecular complexity index is 423. The van der Waals surface area contributed by atoms with Crippen molar-refractivity contribution in [2.45, 2.75) is 25.8 Å².